The van der Waals surface area contributed by atoms with Gasteiger partial charge in [-0.15, -0.1) is 0 Å². The van der Waals surface area contributed by atoms with Crippen LogP contribution in [0.15, 0.2) is 16.5 Å². The number of nitriles is 1. The number of hydrogen-bond donors (Lipinski definition) is 1. The number of rotatable bonds is 6. The van der Waals surface area contributed by atoms with Crippen LogP contribution in [0, 0.1) is 11.3 Å². The van der Waals surface area contributed by atoms with Gasteiger partial charge < -0.3 is 19.4 Å². The molecule has 1 aromatic heterocycles. The van der Waals surface area contributed by atoms with E-state index in [2.05, 4.69) is 5.32 Å². The molecule has 0 spiro atoms. The van der Waals surface area contributed by atoms with E-state index >= 15 is 0 Å². The van der Waals surface area contributed by atoms with Crippen LogP contribution in [0.1, 0.15) is 38.7 Å². The molecule has 1 heterocycles. The first-order valence-electron chi connectivity index (χ1n) is 6.95. The third kappa shape index (κ3) is 6.82. The average molecular weight is 293 g/mol. The van der Waals surface area contributed by atoms with Crippen molar-refractivity contribution in [3.05, 3.63) is 23.7 Å². The summed E-state index contributed by atoms with van der Waals surface area (Å²) in [6.45, 7) is 7.47. The van der Waals surface area contributed by atoms with Gasteiger partial charge in [0.1, 0.15) is 17.4 Å². The molecule has 0 aromatic carbocycles. The zero-order valence-electron chi connectivity index (χ0n) is 13.1. The van der Waals surface area contributed by atoms with Crippen molar-refractivity contribution in [2.45, 2.75) is 39.3 Å². The molecule has 0 atom stereocenters. The largest absolute Gasteiger partial charge is 0.449 e. The summed E-state index contributed by atoms with van der Waals surface area (Å²) in [6.07, 6.45) is 0.494. The van der Waals surface area contributed by atoms with Gasteiger partial charge in [0.05, 0.1) is 6.54 Å². The highest BCUT2D eigenvalue weighted by Gasteiger charge is 2.18. The molecule has 6 heteroatoms. The Bertz CT molecular complexity index is 497. The van der Waals surface area contributed by atoms with Gasteiger partial charge in [0.25, 0.3) is 0 Å². The summed E-state index contributed by atoms with van der Waals surface area (Å²) in [7, 11) is 1.72. The minimum atomic E-state index is -0.471. The van der Waals surface area contributed by atoms with Crippen molar-refractivity contribution in [3.63, 3.8) is 0 Å². The van der Waals surface area contributed by atoms with Crippen LogP contribution in [0.4, 0.5) is 4.79 Å². The number of amides is 1. The molecular weight excluding hydrogens is 270 g/mol. The van der Waals surface area contributed by atoms with Crippen LogP contribution in [0.25, 0.3) is 0 Å². The molecule has 0 aliphatic heterocycles. The summed E-state index contributed by atoms with van der Waals surface area (Å²) in [6, 6.07) is 5.36. The lowest BCUT2D eigenvalue weighted by Crippen LogP contribution is -2.35. The average Bonchev–Trinajstić information content (AvgIpc) is 2.84. The Kier molecular flexibility index (Phi) is 6.25. The minimum Gasteiger partial charge on any atom is -0.449 e. The first kappa shape index (κ1) is 17.1. The van der Waals surface area contributed by atoms with Crippen molar-refractivity contribution in [2.75, 3.05) is 20.1 Å². The van der Waals surface area contributed by atoms with E-state index in [1.54, 1.807) is 24.1 Å². The number of ether oxygens (including phenoxy) is 1. The summed E-state index contributed by atoms with van der Waals surface area (Å²) in [4.78, 5) is 13.3. The number of furan rings is 1. The molecule has 0 fully saturated rings. The topological polar surface area (TPSA) is 78.5 Å². The summed E-state index contributed by atoms with van der Waals surface area (Å²) in [5, 5.41) is 11.8. The predicted molar refractivity (Wildman–Crippen MR) is 78.6 cm³/mol. The van der Waals surface area contributed by atoms with Crippen LogP contribution in [0.3, 0.4) is 0 Å². The second-order valence-electron chi connectivity index (χ2n) is 5.81. The van der Waals surface area contributed by atoms with Crippen LogP contribution in [0.2, 0.25) is 0 Å². The van der Waals surface area contributed by atoms with Crippen molar-refractivity contribution in [1.29, 1.82) is 5.26 Å². The SMILES string of the molecule is CN(CCCNCc1ccc(C#N)o1)C(=O)OC(C)(C)C. The Morgan fingerprint density at radius 1 is 1.48 bits per heavy atom. The van der Waals surface area contributed by atoms with Crippen LogP contribution in [-0.4, -0.2) is 36.7 Å². The number of hydrogen-bond acceptors (Lipinski definition) is 5. The molecule has 0 saturated carbocycles. The van der Waals surface area contributed by atoms with Gasteiger partial charge >= 0.3 is 6.09 Å². The van der Waals surface area contributed by atoms with Gasteiger partial charge in [0.15, 0.2) is 0 Å². The quantitative estimate of drug-likeness (QED) is 0.815. The molecule has 0 aliphatic rings. The van der Waals surface area contributed by atoms with Gasteiger partial charge in [-0.3, -0.25) is 0 Å². The predicted octanol–water partition coefficient (Wildman–Crippen LogP) is 2.50. The lowest BCUT2D eigenvalue weighted by molar-refractivity contribution is 0.0297. The Morgan fingerprint density at radius 2 is 2.19 bits per heavy atom. The molecular formula is C15H23N3O3. The molecule has 0 unspecified atom stereocenters. The highest BCUT2D eigenvalue weighted by Crippen LogP contribution is 2.09. The Morgan fingerprint density at radius 3 is 2.76 bits per heavy atom. The van der Waals surface area contributed by atoms with Crippen LogP contribution >= 0.6 is 0 Å². The molecule has 6 nitrogen and oxygen atoms in total. The highest BCUT2D eigenvalue weighted by atomic mass is 16.6. The number of nitrogens with one attached hydrogen (secondary N) is 1. The second kappa shape index (κ2) is 7.70. The van der Waals surface area contributed by atoms with E-state index in [0.29, 0.717) is 18.8 Å². The fourth-order valence-corrected chi connectivity index (χ4v) is 1.62. The van der Waals surface area contributed by atoms with Crippen molar-refractivity contribution in [2.24, 2.45) is 0 Å². The number of nitrogens with zero attached hydrogens (tertiary/aromatic N) is 2. The minimum absolute atomic E-state index is 0.313. The van der Waals surface area contributed by atoms with E-state index < -0.39 is 5.60 Å². The van der Waals surface area contributed by atoms with Crippen LogP contribution < -0.4 is 5.32 Å². The third-order valence-corrected chi connectivity index (χ3v) is 2.62. The van der Waals surface area contributed by atoms with Gasteiger partial charge in [-0.2, -0.15) is 5.26 Å². The fourth-order valence-electron chi connectivity index (χ4n) is 1.62. The number of carbonyl (C=O) groups excluding carboxylic acids is 1. The normalized spacial score (nSPS) is 11.0. The zero-order valence-corrected chi connectivity index (χ0v) is 13.1. The molecule has 0 saturated heterocycles. The Labute approximate surface area is 125 Å². The Balaban J connectivity index is 2.16. The number of carbonyl (C=O) groups is 1. The van der Waals surface area contributed by atoms with Crippen molar-refractivity contribution >= 4 is 6.09 Å². The molecule has 1 rings (SSSR count). The smallest absolute Gasteiger partial charge is 0.410 e. The van der Waals surface area contributed by atoms with Crippen molar-refractivity contribution < 1.29 is 13.9 Å². The maximum Gasteiger partial charge on any atom is 0.410 e. The molecule has 1 N–H and O–H groups in total. The van der Waals surface area contributed by atoms with E-state index in [1.807, 2.05) is 26.8 Å². The molecule has 0 aliphatic carbocycles. The maximum atomic E-state index is 11.7. The summed E-state index contributed by atoms with van der Waals surface area (Å²) >= 11 is 0. The lowest BCUT2D eigenvalue weighted by Gasteiger charge is -2.24. The summed E-state index contributed by atoms with van der Waals surface area (Å²) in [5.41, 5.74) is -0.471. The first-order valence-corrected chi connectivity index (χ1v) is 6.95. The zero-order chi connectivity index (χ0) is 15.9. The van der Waals surface area contributed by atoms with Gasteiger partial charge in [-0.1, -0.05) is 0 Å². The Hall–Kier alpha value is -2.00. The molecule has 0 radical (unpaired) electrons. The first-order chi connectivity index (χ1) is 9.81. The lowest BCUT2D eigenvalue weighted by atomic mass is 10.2. The standard InChI is InChI=1S/C15H23N3O3/c1-15(2,3)21-14(19)18(4)9-5-8-17-11-13-7-6-12(10-16)20-13/h6-7,17H,5,8-9,11H2,1-4H3. The van der Waals surface area contributed by atoms with Gasteiger partial charge in [0, 0.05) is 13.6 Å². The molecule has 116 valence electrons. The second-order valence-corrected chi connectivity index (χ2v) is 5.81. The van der Waals surface area contributed by atoms with E-state index in [4.69, 9.17) is 14.4 Å². The van der Waals surface area contributed by atoms with Crippen LogP contribution in [-0.2, 0) is 11.3 Å². The summed E-state index contributed by atoms with van der Waals surface area (Å²) < 4.78 is 10.5. The third-order valence-electron chi connectivity index (χ3n) is 2.62. The van der Waals surface area contributed by atoms with E-state index in [9.17, 15) is 4.79 Å². The highest BCUT2D eigenvalue weighted by molar-refractivity contribution is 5.67. The molecule has 21 heavy (non-hydrogen) atoms. The molecule has 0 bridgehead atoms. The van der Waals surface area contributed by atoms with Gasteiger partial charge in [0.2, 0.25) is 5.76 Å². The van der Waals surface area contributed by atoms with E-state index in [-0.39, 0.29) is 6.09 Å². The van der Waals surface area contributed by atoms with Gasteiger partial charge in [-0.25, -0.2) is 4.79 Å². The molecule has 1 aromatic rings. The fraction of sp³-hybridized carbons (Fsp3) is 0.600. The molecule has 1 amide bonds. The maximum absolute atomic E-state index is 11.7. The van der Waals surface area contributed by atoms with Crippen molar-refractivity contribution in [1.82, 2.24) is 10.2 Å². The van der Waals surface area contributed by atoms with E-state index in [1.165, 1.54) is 0 Å². The van der Waals surface area contributed by atoms with E-state index in [0.717, 1.165) is 18.7 Å². The summed E-state index contributed by atoms with van der Waals surface area (Å²) in [5.74, 6) is 1.04. The van der Waals surface area contributed by atoms with Crippen molar-refractivity contribution in [3.8, 4) is 6.07 Å². The monoisotopic (exact) mass is 293 g/mol. The van der Waals surface area contributed by atoms with Gasteiger partial charge in [-0.05, 0) is 45.9 Å². The van der Waals surface area contributed by atoms with Crippen LogP contribution in [0.5, 0.6) is 0 Å².